The highest BCUT2D eigenvalue weighted by Crippen LogP contribution is 2.27. The van der Waals surface area contributed by atoms with Crippen molar-refractivity contribution in [3.63, 3.8) is 0 Å². The SMILES string of the molecule is Cc1ncccc1N[C@@H]1CCCC[C@H]1C. The van der Waals surface area contributed by atoms with Crippen LogP contribution >= 0.6 is 0 Å². The van der Waals surface area contributed by atoms with Gasteiger partial charge in [0.05, 0.1) is 11.4 Å². The highest BCUT2D eigenvalue weighted by molar-refractivity contribution is 5.47. The Hall–Kier alpha value is -1.05. The number of aromatic nitrogens is 1. The molecule has 0 spiro atoms. The lowest BCUT2D eigenvalue weighted by Crippen LogP contribution is -2.30. The summed E-state index contributed by atoms with van der Waals surface area (Å²) in [6, 6.07) is 4.77. The van der Waals surface area contributed by atoms with Crippen LogP contribution < -0.4 is 5.32 Å². The molecule has 2 nitrogen and oxygen atoms in total. The summed E-state index contributed by atoms with van der Waals surface area (Å²) >= 11 is 0. The van der Waals surface area contributed by atoms with Gasteiger partial charge in [0.15, 0.2) is 0 Å². The molecule has 1 saturated carbocycles. The third-order valence-electron chi connectivity index (χ3n) is 3.46. The molecule has 82 valence electrons. The van der Waals surface area contributed by atoms with Crippen LogP contribution in [0.4, 0.5) is 5.69 Å². The fourth-order valence-electron chi connectivity index (χ4n) is 2.37. The summed E-state index contributed by atoms with van der Waals surface area (Å²) in [4.78, 5) is 4.31. The van der Waals surface area contributed by atoms with Gasteiger partial charge < -0.3 is 5.32 Å². The lowest BCUT2D eigenvalue weighted by atomic mass is 9.86. The number of hydrogen-bond donors (Lipinski definition) is 1. The molecule has 2 rings (SSSR count). The first-order valence-corrected chi connectivity index (χ1v) is 5.95. The van der Waals surface area contributed by atoms with E-state index in [-0.39, 0.29) is 0 Å². The van der Waals surface area contributed by atoms with E-state index in [0.717, 1.165) is 11.6 Å². The summed E-state index contributed by atoms with van der Waals surface area (Å²) in [6.07, 6.45) is 7.27. The topological polar surface area (TPSA) is 24.9 Å². The van der Waals surface area contributed by atoms with Crippen molar-refractivity contribution in [1.29, 1.82) is 0 Å². The Morgan fingerprint density at radius 1 is 1.33 bits per heavy atom. The minimum absolute atomic E-state index is 0.640. The van der Waals surface area contributed by atoms with E-state index in [4.69, 9.17) is 0 Å². The molecule has 0 aromatic carbocycles. The van der Waals surface area contributed by atoms with Gasteiger partial charge in [0.2, 0.25) is 0 Å². The summed E-state index contributed by atoms with van der Waals surface area (Å²) in [5, 5.41) is 3.64. The minimum Gasteiger partial charge on any atom is -0.381 e. The minimum atomic E-state index is 0.640. The van der Waals surface area contributed by atoms with Crippen molar-refractivity contribution in [3.8, 4) is 0 Å². The van der Waals surface area contributed by atoms with Gasteiger partial charge >= 0.3 is 0 Å². The predicted molar refractivity (Wildman–Crippen MR) is 64.0 cm³/mol. The maximum absolute atomic E-state index is 4.31. The number of pyridine rings is 1. The second-order valence-electron chi connectivity index (χ2n) is 4.65. The standard InChI is InChI=1S/C13H20N2/c1-10-6-3-4-7-12(10)15-13-8-5-9-14-11(13)2/h5,8-10,12,15H,3-4,6-7H2,1-2H3/t10-,12-/m1/s1. The van der Waals surface area contributed by atoms with Crippen molar-refractivity contribution >= 4 is 5.69 Å². The molecule has 0 aliphatic heterocycles. The molecule has 0 unspecified atom stereocenters. The van der Waals surface area contributed by atoms with E-state index in [0.29, 0.717) is 6.04 Å². The van der Waals surface area contributed by atoms with Gasteiger partial charge in [-0.2, -0.15) is 0 Å². The molecule has 0 radical (unpaired) electrons. The van der Waals surface area contributed by atoms with Crippen LogP contribution in [0.2, 0.25) is 0 Å². The third kappa shape index (κ3) is 2.49. The van der Waals surface area contributed by atoms with Gasteiger partial charge in [-0.3, -0.25) is 4.98 Å². The zero-order chi connectivity index (χ0) is 10.7. The van der Waals surface area contributed by atoms with Crippen LogP contribution in [-0.4, -0.2) is 11.0 Å². The Labute approximate surface area is 92.1 Å². The maximum Gasteiger partial charge on any atom is 0.0603 e. The molecule has 15 heavy (non-hydrogen) atoms. The van der Waals surface area contributed by atoms with E-state index in [2.05, 4.69) is 30.2 Å². The fourth-order valence-corrected chi connectivity index (χ4v) is 2.37. The van der Waals surface area contributed by atoms with Crippen molar-refractivity contribution in [2.45, 2.75) is 45.6 Å². The number of rotatable bonds is 2. The molecule has 2 heteroatoms. The second-order valence-corrected chi connectivity index (χ2v) is 4.65. The first kappa shape index (κ1) is 10.5. The summed E-state index contributed by atoms with van der Waals surface area (Å²) in [7, 11) is 0. The largest absolute Gasteiger partial charge is 0.381 e. The quantitative estimate of drug-likeness (QED) is 0.798. The van der Waals surface area contributed by atoms with Crippen molar-refractivity contribution in [1.82, 2.24) is 4.98 Å². The molecule has 0 amide bonds. The molecule has 0 saturated heterocycles. The van der Waals surface area contributed by atoms with E-state index in [1.807, 2.05) is 12.3 Å². The fraction of sp³-hybridized carbons (Fsp3) is 0.615. The van der Waals surface area contributed by atoms with E-state index in [1.165, 1.54) is 31.4 Å². The lowest BCUT2D eigenvalue weighted by Gasteiger charge is -2.30. The smallest absolute Gasteiger partial charge is 0.0603 e. The summed E-state index contributed by atoms with van der Waals surface area (Å²) in [5.74, 6) is 0.790. The first-order valence-electron chi connectivity index (χ1n) is 5.95. The van der Waals surface area contributed by atoms with Gasteiger partial charge in [-0.25, -0.2) is 0 Å². The van der Waals surface area contributed by atoms with E-state index < -0.39 is 0 Å². The number of anilines is 1. The molecular formula is C13H20N2. The van der Waals surface area contributed by atoms with Crippen LogP contribution in [0.15, 0.2) is 18.3 Å². The highest BCUT2D eigenvalue weighted by Gasteiger charge is 2.21. The molecule has 1 fully saturated rings. The zero-order valence-electron chi connectivity index (χ0n) is 9.66. The summed E-state index contributed by atoms with van der Waals surface area (Å²) < 4.78 is 0. The van der Waals surface area contributed by atoms with Gasteiger partial charge in [0, 0.05) is 12.2 Å². The van der Waals surface area contributed by atoms with Crippen molar-refractivity contribution < 1.29 is 0 Å². The molecule has 1 aromatic heterocycles. The number of hydrogen-bond acceptors (Lipinski definition) is 2. The normalized spacial score (nSPS) is 26.3. The average Bonchev–Trinajstić information content (AvgIpc) is 2.24. The van der Waals surface area contributed by atoms with Crippen LogP contribution in [-0.2, 0) is 0 Å². The molecule has 1 aliphatic rings. The third-order valence-corrected chi connectivity index (χ3v) is 3.46. The van der Waals surface area contributed by atoms with Crippen molar-refractivity contribution in [2.75, 3.05) is 5.32 Å². The Balaban J connectivity index is 2.04. The highest BCUT2D eigenvalue weighted by atomic mass is 14.9. The Bertz CT molecular complexity index is 322. The van der Waals surface area contributed by atoms with Crippen molar-refractivity contribution in [2.24, 2.45) is 5.92 Å². The second kappa shape index (κ2) is 4.65. The zero-order valence-corrected chi connectivity index (χ0v) is 9.66. The van der Waals surface area contributed by atoms with Gasteiger partial charge in [0.25, 0.3) is 0 Å². The summed E-state index contributed by atoms with van der Waals surface area (Å²) in [5.41, 5.74) is 2.31. The van der Waals surface area contributed by atoms with Crippen LogP contribution in [0.25, 0.3) is 0 Å². The Morgan fingerprint density at radius 2 is 2.13 bits per heavy atom. The molecule has 1 heterocycles. The van der Waals surface area contributed by atoms with Crippen LogP contribution in [0.1, 0.15) is 38.3 Å². The van der Waals surface area contributed by atoms with Gasteiger partial charge in [-0.05, 0) is 37.8 Å². The number of aryl methyl sites for hydroxylation is 1. The monoisotopic (exact) mass is 204 g/mol. The van der Waals surface area contributed by atoms with Gasteiger partial charge in [-0.1, -0.05) is 19.8 Å². The number of nitrogens with one attached hydrogen (secondary N) is 1. The van der Waals surface area contributed by atoms with Gasteiger partial charge in [0.1, 0.15) is 0 Å². The molecular weight excluding hydrogens is 184 g/mol. The lowest BCUT2D eigenvalue weighted by molar-refractivity contribution is 0.349. The van der Waals surface area contributed by atoms with Crippen LogP contribution in [0.5, 0.6) is 0 Å². The summed E-state index contributed by atoms with van der Waals surface area (Å²) in [6.45, 7) is 4.42. The average molecular weight is 204 g/mol. The number of nitrogens with zero attached hydrogens (tertiary/aromatic N) is 1. The maximum atomic E-state index is 4.31. The molecule has 1 N–H and O–H groups in total. The first-order chi connectivity index (χ1) is 7.27. The Morgan fingerprint density at radius 3 is 2.87 bits per heavy atom. The van der Waals surface area contributed by atoms with E-state index in [1.54, 1.807) is 0 Å². The molecule has 0 bridgehead atoms. The molecule has 2 atom stereocenters. The van der Waals surface area contributed by atoms with E-state index >= 15 is 0 Å². The van der Waals surface area contributed by atoms with Crippen LogP contribution in [0, 0.1) is 12.8 Å². The van der Waals surface area contributed by atoms with Crippen molar-refractivity contribution in [3.05, 3.63) is 24.0 Å². The Kier molecular flexibility index (Phi) is 3.24. The van der Waals surface area contributed by atoms with E-state index in [9.17, 15) is 0 Å². The molecule has 1 aliphatic carbocycles. The van der Waals surface area contributed by atoms with Gasteiger partial charge in [-0.15, -0.1) is 0 Å². The predicted octanol–water partition coefficient (Wildman–Crippen LogP) is 3.38. The molecule has 1 aromatic rings. The van der Waals surface area contributed by atoms with Crippen LogP contribution in [0.3, 0.4) is 0 Å².